The lowest BCUT2D eigenvalue weighted by molar-refractivity contribution is 0.102. The van der Waals surface area contributed by atoms with Gasteiger partial charge in [0.15, 0.2) is 0 Å². The summed E-state index contributed by atoms with van der Waals surface area (Å²) >= 11 is 5.97. The second kappa shape index (κ2) is 9.00. The van der Waals surface area contributed by atoms with Gasteiger partial charge < -0.3 is 15.4 Å². The van der Waals surface area contributed by atoms with Gasteiger partial charge in [0.05, 0.1) is 19.5 Å². The van der Waals surface area contributed by atoms with E-state index in [1.54, 1.807) is 37.6 Å². The second-order valence-corrected chi connectivity index (χ2v) is 6.21. The number of ether oxygens (including phenoxy) is 1. The average molecular weight is 383 g/mol. The molecule has 0 aliphatic rings. The number of methoxy groups -OCH3 is 1. The highest BCUT2D eigenvalue weighted by molar-refractivity contribution is 6.30. The van der Waals surface area contributed by atoms with Gasteiger partial charge in [0.25, 0.3) is 5.91 Å². The Labute approximate surface area is 162 Å². The van der Waals surface area contributed by atoms with Crippen molar-refractivity contribution in [1.82, 2.24) is 9.97 Å². The molecule has 2 N–H and O–H groups in total. The molecule has 1 heterocycles. The summed E-state index contributed by atoms with van der Waals surface area (Å²) < 4.78 is 5.09. The molecule has 1 amide bonds. The number of benzene rings is 2. The van der Waals surface area contributed by atoms with Crippen molar-refractivity contribution in [2.75, 3.05) is 24.3 Å². The summed E-state index contributed by atoms with van der Waals surface area (Å²) in [6, 6.07) is 14.8. The monoisotopic (exact) mass is 382 g/mol. The van der Waals surface area contributed by atoms with Crippen LogP contribution in [0.15, 0.2) is 60.9 Å². The highest BCUT2D eigenvalue weighted by Gasteiger charge is 2.08. The topological polar surface area (TPSA) is 76.1 Å². The number of carbonyl (C=O) groups is 1. The van der Waals surface area contributed by atoms with E-state index in [4.69, 9.17) is 16.3 Å². The van der Waals surface area contributed by atoms with E-state index in [1.165, 1.54) is 6.20 Å². The Morgan fingerprint density at radius 3 is 2.59 bits per heavy atom. The third-order valence-corrected chi connectivity index (χ3v) is 4.08. The molecule has 0 fully saturated rings. The Bertz CT molecular complexity index is 899. The first kappa shape index (κ1) is 18.7. The molecule has 0 saturated heterocycles. The van der Waals surface area contributed by atoms with E-state index in [0.29, 0.717) is 18.1 Å². The van der Waals surface area contributed by atoms with Crippen LogP contribution in [0.3, 0.4) is 0 Å². The highest BCUT2D eigenvalue weighted by Crippen LogP contribution is 2.16. The lowest BCUT2D eigenvalue weighted by Gasteiger charge is -2.08. The van der Waals surface area contributed by atoms with Crippen LogP contribution < -0.4 is 15.4 Å². The fourth-order valence-corrected chi connectivity index (χ4v) is 2.65. The lowest BCUT2D eigenvalue weighted by Crippen LogP contribution is -2.15. The molecule has 3 aromatic rings. The van der Waals surface area contributed by atoms with E-state index in [-0.39, 0.29) is 11.6 Å². The molecule has 3 rings (SSSR count). The zero-order valence-electron chi connectivity index (χ0n) is 14.8. The molecule has 2 aromatic carbocycles. The van der Waals surface area contributed by atoms with E-state index in [0.717, 1.165) is 22.8 Å². The number of hydrogen-bond donors (Lipinski definition) is 2. The summed E-state index contributed by atoms with van der Waals surface area (Å²) in [5.74, 6) is 1.01. The standard InChI is InChI=1S/C20H19ClN4O2/c1-27-17-7-5-16(6-8-17)25-20(26)18-12-24-19(13-23-18)22-10-9-14-3-2-4-15(21)11-14/h2-8,11-13H,9-10H2,1H3,(H,22,24)(H,25,26). The van der Waals surface area contributed by atoms with Gasteiger partial charge in [0, 0.05) is 17.3 Å². The molecule has 7 heteroatoms. The van der Waals surface area contributed by atoms with Gasteiger partial charge in [-0.15, -0.1) is 0 Å². The number of hydrogen-bond acceptors (Lipinski definition) is 5. The van der Waals surface area contributed by atoms with Gasteiger partial charge in [-0.25, -0.2) is 9.97 Å². The van der Waals surface area contributed by atoms with E-state index in [9.17, 15) is 4.79 Å². The summed E-state index contributed by atoms with van der Waals surface area (Å²) in [5.41, 5.74) is 2.04. The van der Waals surface area contributed by atoms with Gasteiger partial charge in [0.1, 0.15) is 17.3 Å². The van der Waals surface area contributed by atoms with Gasteiger partial charge in [-0.05, 0) is 48.4 Å². The minimum Gasteiger partial charge on any atom is -0.497 e. The highest BCUT2D eigenvalue weighted by atomic mass is 35.5. The molecule has 0 radical (unpaired) electrons. The number of aromatic nitrogens is 2. The number of rotatable bonds is 7. The molecular weight excluding hydrogens is 364 g/mol. The fraction of sp³-hybridized carbons (Fsp3) is 0.150. The van der Waals surface area contributed by atoms with Crippen LogP contribution in [0.5, 0.6) is 5.75 Å². The fourth-order valence-electron chi connectivity index (χ4n) is 2.43. The Morgan fingerprint density at radius 1 is 1.11 bits per heavy atom. The van der Waals surface area contributed by atoms with E-state index in [1.807, 2.05) is 24.3 Å². The van der Waals surface area contributed by atoms with Crippen molar-refractivity contribution < 1.29 is 9.53 Å². The quantitative estimate of drug-likeness (QED) is 0.644. The van der Waals surface area contributed by atoms with Gasteiger partial charge >= 0.3 is 0 Å². The number of carbonyl (C=O) groups excluding carboxylic acids is 1. The maximum atomic E-state index is 12.2. The molecule has 138 valence electrons. The maximum absolute atomic E-state index is 12.2. The van der Waals surface area contributed by atoms with Crippen LogP contribution in [-0.2, 0) is 6.42 Å². The van der Waals surface area contributed by atoms with Crippen LogP contribution in [0.25, 0.3) is 0 Å². The molecule has 0 spiro atoms. The van der Waals surface area contributed by atoms with Crippen molar-refractivity contribution in [2.45, 2.75) is 6.42 Å². The Morgan fingerprint density at radius 2 is 1.93 bits per heavy atom. The zero-order valence-corrected chi connectivity index (χ0v) is 15.5. The minimum absolute atomic E-state index is 0.242. The molecule has 0 aliphatic heterocycles. The first-order valence-corrected chi connectivity index (χ1v) is 8.77. The summed E-state index contributed by atoms with van der Waals surface area (Å²) in [4.78, 5) is 20.6. The maximum Gasteiger partial charge on any atom is 0.275 e. The van der Waals surface area contributed by atoms with Crippen molar-refractivity contribution in [3.05, 3.63) is 77.2 Å². The first-order valence-electron chi connectivity index (χ1n) is 8.40. The van der Waals surface area contributed by atoms with Crippen molar-refractivity contribution in [1.29, 1.82) is 0 Å². The summed E-state index contributed by atoms with van der Waals surface area (Å²) in [6.07, 6.45) is 3.80. The normalized spacial score (nSPS) is 10.3. The molecule has 0 aliphatic carbocycles. The van der Waals surface area contributed by atoms with Gasteiger partial charge in [0.2, 0.25) is 0 Å². The third-order valence-electron chi connectivity index (χ3n) is 3.84. The number of nitrogens with one attached hydrogen (secondary N) is 2. The van der Waals surface area contributed by atoms with E-state index < -0.39 is 0 Å². The molecule has 1 aromatic heterocycles. The van der Waals surface area contributed by atoms with Crippen molar-refractivity contribution in [3.63, 3.8) is 0 Å². The third kappa shape index (κ3) is 5.43. The number of nitrogens with zero attached hydrogens (tertiary/aromatic N) is 2. The molecule has 27 heavy (non-hydrogen) atoms. The van der Waals surface area contributed by atoms with Crippen LogP contribution in [0, 0.1) is 0 Å². The minimum atomic E-state index is -0.321. The number of amides is 1. The molecule has 0 atom stereocenters. The Hall–Kier alpha value is -3.12. The second-order valence-electron chi connectivity index (χ2n) is 5.78. The molecular formula is C20H19ClN4O2. The van der Waals surface area contributed by atoms with Gasteiger partial charge in [-0.1, -0.05) is 23.7 Å². The molecule has 0 saturated carbocycles. The van der Waals surface area contributed by atoms with Gasteiger partial charge in [-0.2, -0.15) is 0 Å². The van der Waals surface area contributed by atoms with E-state index in [2.05, 4.69) is 20.6 Å². The number of halogens is 1. The molecule has 0 bridgehead atoms. The largest absolute Gasteiger partial charge is 0.497 e. The number of anilines is 2. The smallest absolute Gasteiger partial charge is 0.275 e. The van der Waals surface area contributed by atoms with Crippen LogP contribution in [0.2, 0.25) is 5.02 Å². The first-order chi connectivity index (χ1) is 13.1. The molecule has 0 unspecified atom stereocenters. The van der Waals surface area contributed by atoms with Crippen molar-refractivity contribution in [3.8, 4) is 5.75 Å². The summed E-state index contributed by atoms with van der Waals surface area (Å²) in [5, 5.41) is 6.67. The predicted octanol–water partition coefficient (Wildman–Crippen LogP) is 4.05. The summed E-state index contributed by atoms with van der Waals surface area (Å²) in [7, 11) is 1.59. The Kier molecular flexibility index (Phi) is 6.22. The van der Waals surface area contributed by atoms with Crippen LogP contribution >= 0.6 is 11.6 Å². The average Bonchev–Trinajstić information content (AvgIpc) is 2.69. The zero-order chi connectivity index (χ0) is 19.1. The van der Waals surface area contributed by atoms with Crippen molar-refractivity contribution in [2.24, 2.45) is 0 Å². The van der Waals surface area contributed by atoms with Crippen LogP contribution in [0.4, 0.5) is 11.5 Å². The lowest BCUT2D eigenvalue weighted by atomic mass is 10.1. The van der Waals surface area contributed by atoms with Crippen LogP contribution in [-0.4, -0.2) is 29.5 Å². The summed E-state index contributed by atoms with van der Waals surface area (Å²) in [6.45, 7) is 0.687. The van der Waals surface area contributed by atoms with Crippen LogP contribution in [0.1, 0.15) is 16.1 Å². The Balaban J connectivity index is 1.52. The van der Waals surface area contributed by atoms with Crippen molar-refractivity contribution >= 4 is 29.0 Å². The predicted molar refractivity (Wildman–Crippen MR) is 107 cm³/mol. The van der Waals surface area contributed by atoms with Gasteiger partial charge in [-0.3, -0.25) is 4.79 Å². The molecule has 6 nitrogen and oxygen atoms in total. The van der Waals surface area contributed by atoms with E-state index >= 15 is 0 Å². The SMILES string of the molecule is COc1ccc(NC(=O)c2cnc(NCCc3cccc(Cl)c3)cn2)cc1.